The molecule has 0 aromatic carbocycles. The predicted molar refractivity (Wildman–Crippen MR) is 72.6 cm³/mol. The van der Waals surface area contributed by atoms with Gasteiger partial charge in [0.15, 0.2) is 10.9 Å². The van der Waals surface area contributed by atoms with Gasteiger partial charge >= 0.3 is 0 Å². The van der Waals surface area contributed by atoms with E-state index in [4.69, 9.17) is 21.1 Å². The predicted octanol–water partition coefficient (Wildman–Crippen LogP) is 2.99. The maximum Gasteiger partial charge on any atom is 0.182 e. The molecule has 0 fully saturated rings. The standard InChI is InChI=1S/C13H14ClN3O2/c1-8(2)19-10-4-9(5-15-6-10)11-12(18-3)13(14)17-7-16-11/h4-8H,1-3H3. The molecule has 0 amide bonds. The number of hydrogen-bond donors (Lipinski definition) is 0. The monoisotopic (exact) mass is 279 g/mol. The van der Waals surface area contributed by atoms with Gasteiger partial charge in [-0.15, -0.1) is 0 Å². The smallest absolute Gasteiger partial charge is 0.182 e. The van der Waals surface area contributed by atoms with Crippen molar-refractivity contribution in [3.63, 3.8) is 0 Å². The van der Waals surface area contributed by atoms with Gasteiger partial charge in [0.05, 0.1) is 19.4 Å². The lowest BCUT2D eigenvalue weighted by molar-refractivity contribution is 0.241. The van der Waals surface area contributed by atoms with Crippen LogP contribution in [0.15, 0.2) is 24.8 Å². The lowest BCUT2D eigenvalue weighted by Gasteiger charge is -2.11. The first-order valence-corrected chi connectivity index (χ1v) is 6.16. The quantitative estimate of drug-likeness (QED) is 0.805. The van der Waals surface area contributed by atoms with Gasteiger partial charge in [0.2, 0.25) is 0 Å². The highest BCUT2D eigenvalue weighted by Crippen LogP contribution is 2.33. The van der Waals surface area contributed by atoms with E-state index >= 15 is 0 Å². The molecule has 0 saturated carbocycles. The molecule has 0 aliphatic heterocycles. The van der Waals surface area contributed by atoms with Gasteiger partial charge in [0.25, 0.3) is 0 Å². The van der Waals surface area contributed by atoms with Gasteiger partial charge in [-0.05, 0) is 19.9 Å². The Kier molecular flexibility index (Phi) is 4.16. The molecule has 0 aliphatic rings. The Bertz CT molecular complexity index is 576. The third-order valence-electron chi connectivity index (χ3n) is 2.32. The molecule has 6 heteroatoms. The summed E-state index contributed by atoms with van der Waals surface area (Å²) in [5.41, 5.74) is 1.35. The molecule has 0 N–H and O–H groups in total. The summed E-state index contributed by atoms with van der Waals surface area (Å²) in [6.07, 6.45) is 4.79. The average molecular weight is 280 g/mol. The van der Waals surface area contributed by atoms with Crippen molar-refractivity contribution < 1.29 is 9.47 Å². The first-order chi connectivity index (χ1) is 9.11. The van der Waals surface area contributed by atoms with Gasteiger partial charge in [0.1, 0.15) is 17.8 Å². The third-order valence-corrected chi connectivity index (χ3v) is 2.59. The Labute approximate surface area is 116 Å². The molecule has 2 heterocycles. The van der Waals surface area contributed by atoms with Crippen LogP contribution in [0.5, 0.6) is 11.5 Å². The second-order valence-electron chi connectivity index (χ2n) is 4.12. The minimum absolute atomic E-state index is 0.0768. The largest absolute Gasteiger partial charge is 0.491 e. The second kappa shape index (κ2) is 5.84. The van der Waals surface area contributed by atoms with Crippen LogP contribution in [0.1, 0.15) is 13.8 Å². The van der Waals surface area contributed by atoms with E-state index in [9.17, 15) is 0 Å². The summed E-state index contributed by atoms with van der Waals surface area (Å²) in [6, 6.07) is 1.84. The maximum atomic E-state index is 5.98. The van der Waals surface area contributed by atoms with E-state index in [1.807, 2.05) is 19.9 Å². The van der Waals surface area contributed by atoms with Crippen LogP contribution in [-0.2, 0) is 0 Å². The van der Waals surface area contributed by atoms with Crippen LogP contribution in [0.25, 0.3) is 11.3 Å². The molecule has 0 radical (unpaired) electrons. The van der Waals surface area contributed by atoms with Crippen molar-refractivity contribution in [2.45, 2.75) is 20.0 Å². The van der Waals surface area contributed by atoms with Crippen molar-refractivity contribution in [3.05, 3.63) is 29.9 Å². The summed E-state index contributed by atoms with van der Waals surface area (Å²) >= 11 is 5.98. The number of nitrogens with zero attached hydrogens (tertiary/aromatic N) is 3. The Hall–Kier alpha value is -1.88. The van der Waals surface area contributed by atoms with E-state index in [0.717, 1.165) is 5.56 Å². The molecule has 0 unspecified atom stereocenters. The molecular weight excluding hydrogens is 266 g/mol. The van der Waals surface area contributed by atoms with Crippen molar-refractivity contribution in [1.29, 1.82) is 0 Å². The SMILES string of the molecule is COc1c(Cl)ncnc1-c1cncc(OC(C)C)c1. The number of methoxy groups -OCH3 is 1. The Balaban J connectivity index is 2.44. The molecule has 2 rings (SSSR count). The number of hydrogen-bond acceptors (Lipinski definition) is 5. The topological polar surface area (TPSA) is 57.1 Å². The number of ether oxygens (including phenoxy) is 2. The third kappa shape index (κ3) is 3.12. The van der Waals surface area contributed by atoms with E-state index < -0.39 is 0 Å². The fourth-order valence-electron chi connectivity index (χ4n) is 1.62. The highest BCUT2D eigenvalue weighted by atomic mass is 35.5. The minimum atomic E-state index is 0.0768. The van der Waals surface area contributed by atoms with Crippen molar-refractivity contribution in [3.8, 4) is 22.8 Å². The Morgan fingerprint density at radius 2 is 2.00 bits per heavy atom. The first kappa shape index (κ1) is 13.5. The van der Waals surface area contributed by atoms with Gasteiger partial charge in [-0.25, -0.2) is 9.97 Å². The maximum absolute atomic E-state index is 5.98. The summed E-state index contributed by atoms with van der Waals surface area (Å²) in [4.78, 5) is 12.2. The van der Waals surface area contributed by atoms with Gasteiger partial charge in [-0.2, -0.15) is 0 Å². The van der Waals surface area contributed by atoms with Crippen LogP contribution in [-0.4, -0.2) is 28.2 Å². The van der Waals surface area contributed by atoms with E-state index in [-0.39, 0.29) is 11.3 Å². The molecule has 2 aromatic heterocycles. The van der Waals surface area contributed by atoms with Crippen LogP contribution >= 0.6 is 11.6 Å². The van der Waals surface area contributed by atoms with E-state index in [1.165, 1.54) is 13.4 Å². The second-order valence-corrected chi connectivity index (χ2v) is 4.48. The zero-order valence-electron chi connectivity index (χ0n) is 10.9. The Morgan fingerprint density at radius 3 is 2.68 bits per heavy atom. The summed E-state index contributed by atoms with van der Waals surface area (Å²) in [7, 11) is 1.52. The van der Waals surface area contributed by atoms with E-state index in [2.05, 4.69) is 15.0 Å². The Morgan fingerprint density at radius 1 is 1.21 bits per heavy atom. The van der Waals surface area contributed by atoms with Crippen LogP contribution < -0.4 is 9.47 Å². The van der Waals surface area contributed by atoms with E-state index in [1.54, 1.807) is 12.4 Å². The van der Waals surface area contributed by atoms with Gasteiger partial charge in [0, 0.05) is 11.8 Å². The van der Waals surface area contributed by atoms with Crippen LogP contribution in [0.4, 0.5) is 0 Å². The van der Waals surface area contributed by atoms with Crippen molar-refractivity contribution in [1.82, 2.24) is 15.0 Å². The number of halogens is 1. The fourth-order valence-corrected chi connectivity index (χ4v) is 1.83. The summed E-state index contributed by atoms with van der Waals surface area (Å²) in [5.74, 6) is 1.09. The fraction of sp³-hybridized carbons (Fsp3) is 0.308. The van der Waals surface area contributed by atoms with Crippen LogP contribution in [0.2, 0.25) is 5.15 Å². The number of pyridine rings is 1. The highest BCUT2D eigenvalue weighted by molar-refractivity contribution is 6.31. The molecule has 0 aliphatic carbocycles. The summed E-state index contributed by atoms with van der Waals surface area (Å²) < 4.78 is 10.8. The van der Waals surface area contributed by atoms with Gasteiger partial charge in [-0.1, -0.05) is 11.6 Å². The van der Waals surface area contributed by atoms with Crippen LogP contribution in [0.3, 0.4) is 0 Å². The van der Waals surface area contributed by atoms with Crippen LogP contribution in [0, 0.1) is 0 Å². The molecule has 19 heavy (non-hydrogen) atoms. The average Bonchev–Trinajstić information content (AvgIpc) is 2.38. The normalized spacial score (nSPS) is 10.6. The zero-order chi connectivity index (χ0) is 13.8. The molecule has 0 bridgehead atoms. The van der Waals surface area contributed by atoms with Gasteiger partial charge < -0.3 is 9.47 Å². The molecule has 2 aromatic rings. The molecule has 0 spiro atoms. The van der Waals surface area contributed by atoms with Crippen molar-refractivity contribution in [2.24, 2.45) is 0 Å². The lowest BCUT2D eigenvalue weighted by atomic mass is 10.2. The molecule has 0 saturated heterocycles. The highest BCUT2D eigenvalue weighted by Gasteiger charge is 2.13. The minimum Gasteiger partial charge on any atom is -0.491 e. The summed E-state index contributed by atoms with van der Waals surface area (Å²) in [6.45, 7) is 3.91. The molecule has 100 valence electrons. The zero-order valence-corrected chi connectivity index (χ0v) is 11.7. The number of rotatable bonds is 4. The number of aromatic nitrogens is 3. The van der Waals surface area contributed by atoms with E-state index in [0.29, 0.717) is 17.2 Å². The summed E-state index contributed by atoms with van der Waals surface area (Å²) in [5, 5.41) is 0.266. The lowest BCUT2D eigenvalue weighted by Crippen LogP contribution is -2.05. The van der Waals surface area contributed by atoms with Gasteiger partial charge in [-0.3, -0.25) is 4.98 Å². The first-order valence-electron chi connectivity index (χ1n) is 5.78. The molecule has 5 nitrogen and oxygen atoms in total. The molecular formula is C13H14ClN3O2. The van der Waals surface area contributed by atoms with Crippen molar-refractivity contribution >= 4 is 11.6 Å². The van der Waals surface area contributed by atoms with Crippen molar-refractivity contribution in [2.75, 3.05) is 7.11 Å². The molecule has 0 atom stereocenters.